The first kappa shape index (κ1) is 18.3. The highest BCUT2D eigenvalue weighted by Gasteiger charge is 2.42. The summed E-state index contributed by atoms with van der Waals surface area (Å²) in [6, 6.07) is 3.14. The van der Waals surface area contributed by atoms with Gasteiger partial charge in [0.05, 0.1) is 0 Å². The summed E-state index contributed by atoms with van der Waals surface area (Å²) < 4.78 is 80.4. The van der Waals surface area contributed by atoms with Gasteiger partial charge >= 0.3 is 24.3 Å². The van der Waals surface area contributed by atoms with E-state index in [-0.39, 0.29) is 10.0 Å². The van der Waals surface area contributed by atoms with Crippen molar-refractivity contribution in [2.75, 3.05) is 0 Å². The van der Waals surface area contributed by atoms with Crippen molar-refractivity contribution >= 4 is 27.9 Å². The number of ether oxygens (including phenoxy) is 2. The minimum Gasteiger partial charge on any atom is -0.454 e. The Hall–Kier alpha value is -1.78. The van der Waals surface area contributed by atoms with Crippen LogP contribution in [0.15, 0.2) is 22.7 Å². The first-order valence-corrected chi connectivity index (χ1v) is 6.02. The molecule has 0 heterocycles. The molecule has 1 rings (SSSR count). The number of esters is 2. The first-order valence-electron chi connectivity index (χ1n) is 5.22. The van der Waals surface area contributed by atoms with E-state index in [1.807, 2.05) is 0 Å². The van der Waals surface area contributed by atoms with Crippen LogP contribution in [-0.2, 0) is 20.9 Å². The van der Waals surface area contributed by atoms with Crippen molar-refractivity contribution < 1.29 is 45.4 Å². The van der Waals surface area contributed by atoms with Gasteiger partial charge in [-0.3, -0.25) is 0 Å². The normalized spacial score (nSPS) is 12.0. The number of benzene rings is 1. The Morgan fingerprint density at radius 1 is 1.00 bits per heavy atom. The molecule has 0 saturated carbocycles. The van der Waals surface area contributed by atoms with Gasteiger partial charge in [0.25, 0.3) is 0 Å². The lowest BCUT2D eigenvalue weighted by atomic mass is 10.2. The lowest BCUT2D eigenvalue weighted by molar-refractivity contribution is -0.201. The topological polar surface area (TPSA) is 52.6 Å². The van der Waals surface area contributed by atoms with Gasteiger partial charge in [0.15, 0.2) is 0 Å². The van der Waals surface area contributed by atoms with Crippen LogP contribution in [0.4, 0.5) is 26.3 Å². The highest BCUT2D eigenvalue weighted by atomic mass is 79.9. The number of alkyl halides is 6. The standard InChI is InChI=1S/C11H5BrF6O4/c12-6-1-2-7(22-9(20)11(16,17)18)5(3-6)4-21-8(19)10(13,14)15/h1-3H,4H2. The average Bonchev–Trinajstić information content (AvgIpc) is 2.36. The molecule has 122 valence electrons. The van der Waals surface area contributed by atoms with E-state index in [0.29, 0.717) is 0 Å². The molecule has 1 aromatic carbocycles. The Bertz CT molecular complexity index is 581. The molecule has 0 bridgehead atoms. The van der Waals surface area contributed by atoms with Crippen LogP contribution in [0.5, 0.6) is 5.75 Å². The van der Waals surface area contributed by atoms with Gasteiger partial charge in [-0.1, -0.05) is 15.9 Å². The number of carbonyl (C=O) groups excluding carboxylic acids is 2. The Kier molecular flexibility index (Phi) is 5.44. The van der Waals surface area contributed by atoms with Gasteiger partial charge in [-0.25, -0.2) is 9.59 Å². The molecule has 0 aliphatic heterocycles. The van der Waals surface area contributed by atoms with Crippen molar-refractivity contribution in [2.24, 2.45) is 0 Å². The molecule has 0 radical (unpaired) electrons. The second-order valence-corrected chi connectivity index (χ2v) is 4.63. The highest BCUT2D eigenvalue weighted by molar-refractivity contribution is 9.10. The van der Waals surface area contributed by atoms with Crippen LogP contribution in [0.1, 0.15) is 5.56 Å². The molecule has 0 aliphatic carbocycles. The van der Waals surface area contributed by atoms with Gasteiger partial charge in [-0.15, -0.1) is 0 Å². The van der Waals surface area contributed by atoms with E-state index < -0.39 is 36.6 Å². The van der Waals surface area contributed by atoms with Crippen molar-refractivity contribution in [1.82, 2.24) is 0 Å². The summed E-state index contributed by atoms with van der Waals surface area (Å²) in [5, 5.41) is 0. The largest absolute Gasteiger partial charge is 0.491 e. The minimum absolute atomic E-state index is 0.261. The molecule has 0 atom stereocenters. The van der Waals surface area contributed by atoms with E-state index in [1.54, 1.807) is 0 Å². The van der Waals surface area contributed by atoms with Crippen LogP contribution in [0.2, 0.25) is 0 Å². The summed E-state index contributed by atoms with van der Waals surface area (Å²) >= 11 is 2.92. The van der Waals surface area contributed by atoms with E-state index >= 15 is 0 Å². The molecule has 11 heteroatoms. The number of halogens is 7. The number of carbonyl (C=O) groups is 2. The molecule has 0 aliphatic rings. The Morgan fingerprint density at radius 3 is 2.05 bits per heavy atom. The van der Waals surface area contributed by atoms with Gasteiger partial charge in [0.2, 0.25) is 0 Å². The Labute approximate surface area is 127 Å². The maximum Gasteiger partial charge on any atom is 0.491 e. The van der Waals surface area contributed by atoms with E-state index in [9.17, 15) is 35.9 Å². The van der Waals surface area contributed by atoms with Crippen LogP contribution in [0.3, 0.4) is 0 Å². The lowest BCUT2D eigenvalue weighted by Crippen LogP contribution is -2.28. The Morgan fingerprint density at radius 2 is 1.55 bits per heavy atom. The molecule has 0 aromatic heterocycles. The summed E-state index contributed by atoms with van der Waals surface area (Å²) in [6.45, 7) is -1.03. The highest BCUT2D eigenvalue weighted by Crippen LogP contribution is 2.27. The van der Waals surface area contributed by atoms with Crippen LogP contribution in [0.25, 0.3) is 0 Å². The minimum atomic E-state index is -5.28. The van der Waals surface area contributed by atoms with Gasteiger partial charge in [-0.05, 0) is 18.2 Å². The number of hydrogen-bond donors (Lipinski definition) is 0. The molecular formula is C11H5BrF6O4. The second-order valence-electron chi connectivity index (χ2n) is 3.71. The summed E-state index contributed by atoms with van der Waals surface area (Å²) in [7, 11) is 0. The number of hydrogen-bond acceptors (Lipinski definition) is 4. The second kappa shape index (κ2) is 6.55. The lowest BCUT2D eigenvalue weighted by Gasteiger charge is -2.13. The fourth-order valence-corrected chi connectivity index (χ4v) is 1.55. The van der Waals surface area contributed by atoms with E-state index in [0.717, 1.165) is 12.1 Å². The Balaban J connectivity index is 2.92. The first-order chi connectivity index (χ1) is 9.91. The molecule has 0 spiro atoms. The van der Waals surface area contributed by atoms with Gasteiger partial charge in [0, 0.05) is 10.0 Å². The fourth-order valence-electron chi connectivity index (χ4n) is 1.14. The third-order valence-electron chi connectivity index (χ3n) is 2.05. The molecule has 4 nitrogen and oxygen atoms in total. The van der Waals surface area contributed by atoms with Crippen LogP contribution < -0.4 is 4.74 Å². The fraction of sp³-hybridized carbons (Fsp3) is 0.273. The smallest absolute Gasteiger partial charge is 0.454 e. The summed E-state index contributed by atoms with van der Waals surface area (Å²) in [6.07, 6.45) is -10.5. The third kappa shape index (κ3) is 5.20. The quantitative estimate of drug-likeness (QED) is 0.447. The zero-order valence-corrected chi connectivity index (χ0v) is 11.8. The van der Waals surface area contributed by atoms with Crippen molar-refractivity contribution in [2.45, 2.75) is 19.0 Å². The summed E-state index contributed by atoms with van der Waals surface area (Å²) in [4.78, 5) is 21.3. The molecule has 0 fully saturated rings. The van der Waals surface area contributed by atoms with Gasteiger partial charge in [-0.2, -0.15) is 26.3 Å². The SMILES string of the molecule is O=C(OCc1cc(Br)ccc1OC(=O)C(F)(F)F)C(F)(F)F. The third-order valence-corrected chi connectivity index (χ3v) is 2.54. The van der Waals surface area contributed by atoms with E-state index in [1.165, 1.54) is 6.07 Å². The van der Waals surface area contributed by atoms with Crippen LogP contribution in [-0.4, -0.2) is 24.3 Å². The van der Waals surface area contributed by atoms with Crippen molar-refractivity contribution in [3.8, 4) is 5.75 Å². The zero-order valence-electron chi connectivity index (χ0n) is 10.2. The monoisotopic (exact) mass is 394 g/mol. The average molecular weight is 395 g/mol. The van der Waals surface area contributed by atoms with Gasteiger partial charge in [0.1, 0.15) is 12.4 Å². The zero-order chi connectivity index (χ0) is 17.1. The van der Waals surface area contributed by atoms with Crippen LogP contribution in [0, 0.1) is 0 Å². The summed E-state index contributed by atoms with van der Waals surface area (Å²) in [5.74, 6) is -5.76. The molecule has 1 aromatic rings. The summed E-state index contributed by atoms with van der Waals surface area (Å²) in [5.41, 5.74) is -0.357. The maximum atomic E-state index is 12.1. The molecule has 0 unspecified atom stereocenters. The van der Waals surface area contributed by atoms with Crippen LogP contribution >= 0.6 is 15.9 Å². The van der Waals surface area contributed by atoms with Gasteiger partial charge < -0.3 is 9.47 Å². The van der Waals surface area contributed by atoms with E-state index in [4.69, 9.17) is 0 Å². The van der Waals surface area contributed by atoms with Crippen molar-refractivity contribution in [1.29, 1.82) is 0 Å². The van der Waals surface area contributed by atoms with E-state index in [2.05, 4.69) is 25.4 Å². The van der Waals surface area contributed by atoms with Crippen molar-refractivity contribution in [3.05, 3.63) is 28.2 Å². The number of rotatable bonds is 3. The molecule has 22 heavy (non-hydrogen) atoms. The predicted molar refractivity (Wildman–Crippen MR) is 61.7 cm³/mol. The molecule has 0 saturated heterocycles. The molecule has 0 N–H and O–H groups in total. The molecular weight excluding hydrogens is 390 g/mol. The predicted octanol–water partition coefficient (Wildman–Crippen LogP) is 3.52. The molecule has 0 amide bonds. The van der Waals surface area contributed by atoms with Crippen molar-refractivity contribution in [3.63, 3.8) is 0 Å². The maximum absolute atomic E-state index is 12.1.